The van der Waals surface area contributed by atoms with Crippen LogP contribution in [0, 0.1) is 12.7 Å². The zero-order valence-electron chi connectivity index (χ0n) is 14.2. The van der Waals surface area contributed by atoms with Gasteiger partial charge in [0.25, 0.3) is 0 Å². The van der Waals surface area contributed by atoms with Gasteiger partial charge in [-0.2, -0.15) is 0 Å². The smallest absolute Gasteiger partial charge is 0.153 e. The lowest BCUT2D eigenvalue weighted by atomic mass is 10.0. The molecule has 0 aromatic heterocycles. The molecular weight excluding hydrogens is 331 g/mol. The summed E-state index contributed by atoms with van der Waals surface area (Å²) in [7, 11) is -1.35. The number of methoxy groups -OCH3 is 1. The number of rotatable bonds is 5. The van der Waals surface area contributed by atoms with Crippen LogP contribution in [0.2, 0.25) is 0 Å². The van der Waals surface area contributed by atoms with Gasteiger partial charge in [-0.1, -0.05) is 12.1 Å². The van der Waals surface area contributed by atoms with Gasteiger partial charge >= 0.3 is 0 Å². The van der Waals surface area contributed by atoms with E-state index in [0.29, 0.717) is 18.7 Å². The number of aryl methyl sites for hydroxylation is 1. The zero-order valence-corrected chi connectivity index (χ0v) is 15.1. The van der Waals surface area contributed by atoms with E-state index in [1.54, 1.807) is 20.1 Å². The van der Waals surface area contributed by atoms with Gasteiger partial charge in [0.2, 0.25) is 0 Å². The first-order chi connectivity index (χ1) is 11.4. The Balaban J connectivity index is 1.76. The molecule has 0 saturated carbocycles. The fourth-order valence-corrected chi connectivity index (χ4v) is 5.86. The highest BCUT2D eigenvalue weighted by atomic mass is 32.2. The molecule has 0 unspecified atom stereocenters. The first-order valence-corrected chi connectivity index (χ1v) is 10.1. The molecule has 0 N–H and O–H groups in total. The standard InChI is InChI=1S/C17H25FN2O3S/c1-13-9-14(3-4-15(13)18)10-20-6-5-19(7-8-23-2)16-11-24(21,22)12-17(16)20/h3-4,9,16-17H,5-8,10-12H2,1-2H3/t16-,17+/m1/s1. The Hall–Kier alpha value is -1.02. The van der Waals surface area contributed by atoms with Crippen molar-refractivity contribution in [3.05, 3.63) is 35.1 Å². The topological polar surface area (TPSA) is 49.9 Å². The summed E-state index contributed by atoms with van der Waals surface area (Å²) in [6.07, 6.45) is 0. The Labute approximate surface area is 143 Å². The quantitative estimate of drug-likeness (QED) is 0.790. The molecule has 1 aromatic carbocycles. The Morgan fingerprint density at radius 2 is 1.88 bits per heavy atom. The van der Waals surface area contributed by atoms with Crippen LogP contribution in [0.3, 0.4) is 0 Å². The molecule has 0 radical (unpaired) electrons. The Morgan fingerprint density at radius 1 is 1.21 bits per heavy atom. The van der Waals surface area contributed by atoms with Crippen LogP contribution in [-0.2, 0) is 21.1 Å². The molecule has 0 bridgehead atoms. The van der Waals surface area contributed by atoms with Crippen molar-refractivity contribution < 1.29 is 17.5 Å². The molecule has 2 aliphatic rings. The van der Waals surface area contributed by atoms with Crippen molar-refractivity contribution in [2.45, 2.75) is 25.6 Å². The Kier molecular flexibility index (Phi) is 5.24. The van der Waals surface area contributed by atoms with Crippen molar-refractivity contribution in [3.63, 3.8) is 0 Å². The number of hydrogen-bond donors (Lipinski definition) is 0. The minimum Gasteiger partial charge on any atom is -0.383 e. The summed E-state index contributed by atoms with van der Waals surface area (Å²) in [5.74, 6) is 0.228. The van der Waals surface area contributed by atoms with Gasteiger partial charge in [0.1, 0.15) is 5.82 Å². The van der Waals surface area contributed by atoms with E-state index in [1.807, 2.05) is 6.07 Å². The minimum atomic E-state index is -3.01. The maximum atomic E-state index is 13.5. The molecule has 5 nitrogen and oxygen atoms in total. The number of sulfone groups is 1. The molecule has 2 saturated heterocycles. The fraction of sp³-hybridized carbons (Fsp3) is 0.647. The van der Waals surface area contributed by atoms with E-state index in [-0.39, 0.29) is 29.4 Å². The second-order valence-corrected chi connectivity index (χ2v) is 8.95. The summed E-state index contributed by atoms with van der Waals surface area (Å²) in [4.78, 5) is 4.48. The predicted octanol–water partition coefficient (Wildman–Crippen LogP) is 1.06. The Bertz CT molecular complexity index is 695. The first kappa shape index (κ1) is 17.8. The second kappa shape index (κ2) is 7.07. The first-order valence-electron chi connectivity index (χ1n) is 8.32. The lowest BCUT2D eigenvalue weighted by Gasteiger charge is -2.44. The van der Waals surface area contributed by atoms with E-state index in [2.05, 4.69) is 9.80 Å². The van der Waals surface area contributed by atoms with Crippen LogP contribution in [0.4, 0.5) is 4.39 Å². The van der Waals surface area contributed by atoms with E-state index in [0.717, 1.165) is 25.2 Å². The second-order valence-electron chi connectivity index (χ2n) is 6.79. The third-order valence-electron chi connectivity index (χ3n) is 5.10. The summed E-state index contributed by atoms with van der Waals surface area (Å²) >= 11 is 0. The third-order valence-corrected chi connectivity index (χ3v) is 6.80. The van der Waals surface area contributed by atoms with Crippen molar-refractivity contribution in [1.29, 1.82) is 0 Å². The molecule has 2 heterocycles. The van der Waals surface area contributed by atoms with Gasteiger partial charge in [0.05, 0.1) is 18.1 Å². The van der Waals surface area contributed by atoms with E-state index in [9.17, 15) is 12.8 Å². The van der Waals surface area contributed by atoms with Crippen LogP contribution in [0.1, 0.15) is 11.1 Å². The maximum Gasteiger partial charge on any atom is 0.153 e. The molecule has 134 valence electrons. The van der Waals surface area contributed by atoms with Crippen molar-refractivity contribution in [2.75, 3.05) is 44.9 Å². The van der Waals surface area contributed by atoms with Crippen molar-refractivity contribution in [2.24, 2.45) is 0 Å². The normalized spacial score (nSPS) is 27.3. The van der Waals surface area contributed by atoms with Crippen LogP contribution < -0.4 is 0 Å². The van der Waals surface area contributed by atoms with Crippen molar-refractivity contribution >= 4 is 9.84 Å². The number of hydrogen-bond acceptors (Lipinski definition) is 5. The SMILES string of the molecule is COCCN1CCN(Cc2ccc(F)c(C)c2)[C@H]2CS(=O)(=O)C[C@H]21. The minimum absolute atomic E-state index is 0.00552. The van der Waals surface area contributed by atoms with Gasteiger partial charge in [0, 0.05) is 45.4 Å². The van der Waals surface area contributed by atoms with Crippen molar-refractivity contribution in [3.8, 4) is 0 Å². The van der Waals surface area contributed by atoms with E-state index >= 15 is 0 Å². The highest BCUT2D eigenvalue weighted by Crippen LogP contribution is 2.28. The number of fused-ring (bicyclic) bond motifs is 1. The largest absolute Gasteiger partial charge is 0.383 e. The zero-order chi connectivity index (χ0) is 17.3. The average Bonchev–Trinajstić information content (AvgIpc) is 2.86. The van der Waals surface area contributed by atoms with Gasteiger partial charge in [-0.05, 0) is 24.1 Å². The van der Waals surface area contributed by atoms with E-state index in [4.69, 9.17) is 4.74 Å². The number of nitrogens with zero attached hydrogens (tertiary/aromatic N) is 2. The van der Waals surface area contributed by atoms with Crippen LogP contribution in [-0.4, -0.2) is 75.2 Å². The molecule has 3 rings (SSSR count). The molecule has 2 aliphatic heterocycles. The average molecular weight is 356 g/mol. The molecule has 0 spiro atoms. The number of benzene rings is 1. The highest BCUT2D eigenvalue weighted by molar-refractivity contribution is 7.91. The van der Waals surface area contributed by atoms with Gasteiger partial charge in [-0.25, -0.2) is 12.8 Å². The van der Waals surface area contributed by atoms with Crippen LogP contribution >= 0.6 is 0 Å². The molecule has 0 amide bonds. The maximum absolute atomic E-state index is 13.5. The summed E-state index contributed by atoms with van der Waals surface area (Å²) in [5.41, 5.74) is 1.66. The lowest BCUT2D eigenvalue weighted by molar-refractivity contribution is 0.0252. The van der Waals surface area contributed by atoms with E-state index < -0.39 is 9.84 Å². The monoisotopic (exact) mass is 356 g/mol. The van der Waals surface area contributed by atoms with Gasteiger partial charge in [-0.15, -0.1) is 0 Å². The van der Waals surface area contributed by atoms with Crippen LogP contribution in [0.15, 0.2) is 18.2 Å². The Morgan fingerprint density at radius 3 is 2.54 bits per heavy atom. The van der Waals surface area contributed by atoms with Gasteiger partial charge < -0.3 is 4.74 Å². The highest BCUT2D eigenvalue weighted by Gasteiger charge is 2.46. The molecule has 0 aliphatic carbocycles. The predicted molar refractivity (Wildman–Crippen MR) is 91.2 cm³/mol. The van der Waals surface area contributed by atoms with Gasteiger partial charge in [-0.3, -0.25) is 9.80 Å². The lowest BCUT2D eigenvalue weighted by Crippen LogP contribution is -2.59. The molecule has 2 fully saturated rings. The number of halogens is 1. The summed E-state index contributed by atoms with van der Waals surface area (Å²) < 4.78 is 43.0. The fourth-order valence-electron chi connectivity index (χ4n) is 3.82. The molecule has 2 atom stereocenters. The summed E-state index contributed by atoms with van der Waals surface area (Å²) in [6, 6.07) is 5.16. The van der Waals surface area contributed by atoms with Crippen LogP contribution in [0.5, 0.6) is 0 Å². The van der Waals surface area contributed by atoms with Gasteiger partial charge in [0.15, 0.2) is 9.84 Å². The summed E-state index contributed by atoms with van der Waals surface area (Å²) in [6.45, 7) is 5.44. The molecule has 24 heavy (non-hydrogen) atoms. The molecule has 1 aromatic rings. The summed E-state index contributed by atoms with van der Waals surface area (Å²) in [5, 5.41) is 0. The van der Waals surface area contributed by atoms with Crippen molar-refractivity contribution in [1.82, 2.24) is 9.80 Å². The van der Waals surface area contributed by atoms with Crippen LogP contribution in [0.25, 0.3) is 0 Å². The number of piperazine rings is 1. The third kappa shape index (κ3) is 3.79. The molecular formula is C17H25FN2O3S. The van der Waals surface area contributed by atoms with E-state index in [1.165, 1.54) is 6.07 Å². The number of ether oxygens (including phenoxy) is 1. The molecule has 7 heteroatoms.